The number of halogens is 5. The van der Waals surface area contributed by atoms with E-state index in [1.165, 1.54) is 0 Å². The molecule has 0 fully saturated rings. The highest BCUT2D eigenvalue weighted by molar-refractivity contribution is 7.80. The van der Waals surface area contributed by atoms with Crippen molar-refractivity contribution in [2.45, 2.75) is 25.6 Å². The van der Waals surface area contributed by atoms with E-state index in [9.17, 15) is 22.0 Å². The number of rotatable bonds is 0. The molecule has 1 aromatic rings. The molecule has 1 aliphatic heterocycles. The van der Waals surface area contributed by atoms with Gasteiger partial charge in [0.05, 0.1) is 22.5 Å². The summed E-state index contributed by atoms with van der Waals surface area (Å²) in [5, 5.41) is 4.82. The fourth-order valence-electron chi connectivity index (χ4n) is 1.74. The minimum Gasteiger partial charge on any atom is -0.370 e. The lowest BCUT2D eigenvalue weighted by molar-refractivity contribution is -0.137. The third kappa shape index (κ3) is 2.24. The molecule has 0 saturated carbocycles. The average Bonchev–Trinajstić information content (AvgIpc) is 2.25. The Balaban J connectivity index is 2.72. The molecule has 1 heterocycles. The maximum absolute atomic E-state index is 13.6. The maximum Gasteiger partial charge on any atom is 0.418 e. The number of nitrogens with one attached hydrogen (secondary N) is 2. The van der Waals surface area contributed by atoms with Crippen molar-refractivity contribution >= 4 is 28.6 Å². The molecule has 0 radical (unpaired) electrons. The maximum atomic E-state index is 13.6. The normalized spacial score (nSPS) is 17.5. The van der Waals surface area contributed by atoms with Crippen LogP contribution in [0.4, 0.5) is 33.3 Å². The van der Waals surface area contributed by atoms with E-state index in [4.69, 9.17) is 12.2 Å². The Hall–Kier alpha value is -1.44. The Morgan fingerprint density at radius 1 is 1.16 bits per heavy atom. The lowest BCUT2D eigenvalue weighted by atomic mass is 9.98. The molecule has 0 spiro atoms. The van der Waals surface area contributed by atoms with Crippen LogP contribution in [0.5, 0.6) is 0 Å². The van der Waals surface area contributed by atoms with Crippen LogP contribution in [0.3, 0.4) is 0 Å². The molecule has 104 valence electrons. The standard InChI is InChI=1S/C11H9F5N2S/c1-10(2)9(19)17-7-4(11(14,15)16)3-5(12)6(13)8(7)18-10/h3,18H,1-2H3,(H,17,19). The average molecular weight is 296 g/mol. The zero-order valence-corrected chi connectivity index (χ0v) is 10.7. The molecule has 2 N–H and O–H groups in total. The molecule has 2 rings (SSSR count). The molecule has 1 aromatic carbocycles. The van der Waals surface area contributed by atoms with Crippen LogP contribution >= 0.6 is 12.2 Å². The van der Waals surface area contributed by atoms with Gasteiger partial charge in [0.2, 0.25) is 0 Å². The summed E-state index contributed by atoms with van der Waals surface area (Å²) in [6.07, 6.45) is -4.82. The molecule has 0 atom stereocenters. The lowest BCUT2D eigenvalue weighted by Crippen LogP contribution is -2.47. The minimum atomic E-state index is -4.82. The molecular formula is C11H9F5N2S. The minimum absolute atomic E-state index is 0.0662. The van der Waals surface area contributed by atoms with Crippen molar-refractivity contribution in [2.24, 2.45) is 0 Å². The van der Waals surface area contributed by atoms with Gasteiger partial charge in [-0.1, -0.05) is 12.2 Å². The van der Waals surface area contributed by atoms with Crippen LogP contribution in [0.25, 0.3) is 0 Å². The quantitative estimate of drug-likeness (QED) is 0.560. The second-order valence-corrected chi connectivity index (χ2v) is 5.08. The predicted octanol–water partition coefficient (Wildman–Crippen LogP) is 3.93. The number of fused-ring (bicyclic) bond motifs is 1. The van der Waals surface area contributed by atoms with Crippen molar-refractivity contribution in [1.82, 2.24) is 0 Å². The number of alkyl halides is 3. The summed E-state index contributed by atoms with van der Waals surface area (Å²) in [6, 6.07) is 0.115. The first kappa shape index (κ1) is 14.0. The molecule has 0 bridgehead atoms. The zero-order chi connectivity index (χ0) is 14.6. The van der Waals surface area contributed by atoms with Crippen molar-refractivity contribution in [3.05, 3.63) is 23.3 Å². The fraction of sp³-hybridized carbons (Fsp3) is 0.364. The van der Waals surface area contributed by atoms with Gasteiger partial charge in [0.1, 0.15) is 4.99 Å². The van der Waals surface area contributed by atoms with E-state index in [2.05, 4.69) is 10.6 Å². The topological polar surface area (TPSA) is 24.1 Å². The van der Waals surface area contributed by atoms with Crippen molar-refractivity contribution in [3.63, 3.8) is 0 Å². The van der Waals surface area contributed by atoms with Crippen LogP contribution in [-0.4, -0.2) is 10.5 Å². The second-order valence-electron chi connectivity index (χ2n) is 4.67. The third-order valence-electron chi connectivity index (χ3n) is 2.77. The SMILES string of the molecule is CC1(C)Nc2c(F)c(F)cc(C(F)(F)F)c2NC1=S. The number of benzene rings is 1. The zero-order valence-electron chi connectivity index (χ0n) is 9.88. The van der Waals surface area contributed by atoms with E-state index >= 15 is 0 Å². The van der Waals surface area contributed by atoms with Gasteiger partial charge in [-0.15, -0.1) is 0 Å². The summed E-state index contributed by atoms with van der Waals surface area (Å²) in [4.78, 5) is 0.0662. The summed E-state index contributed by atoms with van der Waals surface area (Å²) in [5.41, 5.74) is -3.42. The van der Waals surface area contributed by atoms with E-state index in [1.54, 1.807) is 13.8 Å². The summed E-state index contributed by atoms with van der Waals surface area (Å²) >= 11 is 4.92. The highest BCUT2D eigenvalue weighted by Crippen LogP contribution is 2.44. The van der Waals surface area contributed by atoms with Crippen LogP contribution in [0.15, 0.2) is 6.07 Å². The molecule has 0 aliphatic carbocycles. The van der Waals surface area contributed by atoms with Crippen molar-refractivity contribution in [1.29, 1.82) is 0 Å². The monoisotopic (exact) mass is 296 g/mol. The van der Waals surface area contributed by atoms with Crippen LogP contribution in [-0.2, 0) is 6.18 Å². The summed E-state index contributed by atoms with van der Waals surface area (Å²) in [5.74, 6) is -2.94. The van der Waals surface area contributed by atoms with Gasteiger partial charge in [-0.2, -0.15) is 13.2 Å². The molecule has 0 amide bonds. The van der Waals surface area contributed by atoms with Gasteiger partial charge >= 0.3 is 6.18 Å². The fourth-order valence-corrected chi connectivity index (χ4v) is 1.89. The van der Waals surface area contributed by atoms with Gasteiger partial charge in [-0.25, -0.2) is 8.78 Å². The smallest absolute Gasteiger partial charge is 0.370 e. The molecule has 0 unspecified atom stereocenters. The largest absolute Gasteiger partial charge is 0.418 e. The van der Waals surface area contributed by atoms with Gasteiger partial charge in [0.25, 0.3) is 0 Å². The van der Waals surface area contributed by atoms with E-state index in [0.717, 1.165) is 0 Å². The lowest BCUT2D eigenvalue weighted by Gasteiger charge is -2.36. The number of thiocarbonyl (C=S) groups is 1. The summed E-state index contributed by atoms with van der Waals surface area (Å²) in [7, 11) is 0. The van der Waals surface area contributed by atoms with E-state index in [-0.39, 0.29) is 11.1 Å². The third-order valence-corrected chi connectivity index (χ3v) is 3.38. The van der Waals surface area contributed by atoms with Gasteiger partial charge in [-0.05, 0) is 19.9 Å². The van der Waals surface area contributed by atoms with Crippen LogP contribution < -0.4 is 10.6 Å². The van der Waals surface area contributed by atoms with E-state index in [1.807, 2.05) is 0 Å². The molecule has 2 nitrogen and oxygen atoms in total. The van der Waals surface area contributed by atoms with Gasteiger partial charge in [0, 0.05) is 0 Å². The van der Waals surface area contributed by atoms with Gasteiger partial charge in [-0.3, -0.25) is 0 Å². The Morgan fingerprint density at radius 3 is 2.26 bits per heavy atom. The Morgan fingerprint density at radius 2 is 1.74 bits per heavy atom. The van der Waals surface area contributed by atoms with Crippen LogP contribution in [0.1, 0.15) is 19.4 Å². The number of hydrogen-bond acceptors (Lipinski definition) is 2. The molecule has 19 heavy (non-hydrogen) atoms. The number of hydrogen-bond donors (Lipinski definition) is 2. The summed E-state index contributed by atoms with van der Waals surface area (Å²) < 4.78 is 65.3. The second kappa shape index (κ2) is 4.03. The highest BCUT2D eigenvalue weighted by Gasteiger charge is 2.41. The number of anilines is 2. The molecule has 0 aromatic heterocycles. The Bertz CT molecular complexity index is 565. The van der Waals surface area contributed by atoms with Crippen molar-refractivity contribution in [3.8, 4) is 0 Å². The van der Waals surface area contributed by atoms with E-state index in [0.29, 0.717) is 0 Å². The predicted molar refractivity (Wildman–Crippen MR) is 65.3 cm³/mol. The highest BCUT2D eigenvalue weighted by atomic mass is 32.1. The van der Waals surface area contributed by atoms with Crippen LogP contribution in [0, 0.1) is 11.6 Å². The molecule has 0 saturated heterocycles. The first-order valence-electron chi connectivity index (χ1n) is 5.23. The van der Waals surface area contributed by atoms with Gasteiger partial charge < -0.3 is 10.6 Å². The van der Waals surface area contributed by atoms with Crippen LogP contribution in [0.2, 0.25) is 0 Å². The van der Waals surface area contributed by atoms with Gasteiger partial charge in [0.15, 0.2) is 11.6 Å². The first-order chi connectivity index (χ1) is 8.54. The van der Waals surface area contributed by atoms with Crippen molar-refractivity contribution in [2.75, 3.05) is 10.6 Å². The molecule has 1 aliphatic rings. The molecular weight excluding hydrogens is 287 g/mol. The van der Waals surface area contributed by atoms with E-state index < -0.39 is 40.3 Å². The Labute approximate surface area is 111 Å². The first-order valence-corrected chi connectivity index (χ1v) is 5.63. The van der Waals surface area contributed by atoms with Crippen molar-refractivity contribution < 1.29 is 22.0 Å². The summed E-state index contributed by atoms with van der Waals surface area (Å²) in [6.45, 7) is 3.09. The molecule has 8 heteroatoms. The Kier molecular flexibility index (Phi) is 2.96.